The predicted molar refractivity (Wildman–Crippen MR) is 59.3 cm³/mol. The molecule has 0 bridgehead atoms. The van der Waals surface area contributed by atoms with E-state index in [0.29, 0.717) is 32.7 Å². The molecule has 1 aliphatic rings. The number of piperazine rings is 1. The maximum Gasteiger partial charge on any atom is 0.312 e. The van der Waals surface area contributed by atoms with Gasteiger partial charge in [-0.2, -0.15) is 0 Å². The molecule has 96 valence electrons. The van der Waals surface area contributed by atoms with Crippen LogP contribution in [0.3, 0.4) is 0 Å². The number of carbonyl (C=O) groups excluding carboxylic acids is 2. The van der Waals surface area contributed by atoms with E-state index in [1.54, 1.807) is 7.05 Å². The molecule has 1 rings (SSSR count). The van der Waals surface area contributed by atoms with Crippen molar-refractivity contribution in [2.24, 2.45) is 0 Å². The van der Waals surface area contributed by atoms with Crippen molar-refractivity contribution in [3.05, 3.63) is 0 Å². The zero-order chi connectivity index (χ0) is 12.8. The summed E-state index contributed by atoms with van der Waals surface area (Å²) in [6.45, 7) is 2.46. The van der Waals surface area contributed by atoms with Crippen molar-refractivity contribution in [2.75, 3.05) is 39.8 Å². The van der Waals surface area contributed by atoms with Crippen molar-refractivity contribution < 1.29 is 19.5 Å². The Morgan fingerprint density at radius 1 is 1.18 bits per heavy atom. The molecule has 2 amide bonds. The van der Waals surface area contributed by atoms with E-state index >= 15 is 0 Å². The molecule has 0 aromatic rings. The molecular formula is C10H17N3O4. The van der Waals surface area contributed by atoms with E-state index < -0.39 is 12.4 Å². The van der Waals surface area contributed by atoms with Crippen molar-refractivity contribution in [3.8, 4) is 0 Å². The molecule has 17 heavy (non-hydrogen) atoms. The van der Waals surface area contributed by atoms with Crippen molar-refractivity contribution in [3.63, 3.8) is 0 Å². The molecule has 0 aliphatic carbocycles. The fraction of sp³-hybridized carbons (Fsp3) is 0.700. The van der Waals surface area contributed by atoms with Gasteiger partial charge in [0, 0.05) is 33.2 Å². The van der Waals surface area contributed by atoms with Crippen LogP contribution in [0.1, 0.15) is 6.42 Å². The summed E-state index contributed by atoms with van der Waals surface area (Å²) in [5.41, 5.74) is 0. The number of carboxylic acids is 1. The second kappa shape index (κ2) is 6.19. The third-order valence-electron chi connectivity index (χ3n) is 2.67. The fourth-order valence-corrected chi connectivity index (χ4v) is 1.68. The Balaban J connectivity index is 2.32. The summed E-state index contributed by atoms with van der Waals surface area (Å²) < 4.78 is 0. The number of carboxylic acid groups (broad SMARTS) is 1. The van der Waals surface area contributed by atoms with Crippen LogP contribution in [0.15, 0.2) is 0 Å². The van der Waals surface area contributed by atoms with Crippen molar-refractivity contribution in [1.29, 1.82) is 0 Å². The summed E-state index contributed by atoms with van der Waals surface area (Å²) in [7, 11) is 1.58. The molecular weight excluding hydrogens is 226 g/mol. The van der Waals surface area contributed by atoms with Gasteiger partial charge in [0.1, 0.15) is 6.42 Å². The Morgan fingerprint density at radius 3 is 2.24 bits per heavy atom. The highest BCUT2D eigenvalue weighted by molar-refractivity contribution is 5.93. The van der Waals surface area contributed by atoms with Crippen LogP contribution in [0, 0.1) is 0 Å². The highest BCUT2D eigenvalue weighted by Gasteiger charge is 2.23. The SMILES string of the molecule is CNC(=O)CN1CCN(C(=O)CC(=O)O)CC1. The van der Waals surface area contributed by atoms with Gasteiger partial charge >= 0.3 is 5.97 Å². The van der Waals surface area contributed by atoms with Gasteiger partial charge in [-0.15, -0.1) is 0 Å². The Bertz CT molecular complexity index is 311. The standard InChI is InChI=1S/C10H17N3O4/c1-11-8(14)7-12-2-4-13(5-3-12)9(15)6-10(16)17/h2-7H2,1H3,(H,11,14)(H,16,17). The van der Waals surface area contributed by atoms with Gasteiger partial charge in [-0.25, -0.2) is 0 Å². The highest BCUT2D eigenvalue weighted by atomic mass is 16.4. The zero-order valence-electron chi connectivity index (χ0n) is 9.81. The number of hydrogen-bond acceptors (Lipinski definition) is 4. The maximum absolute atomic E-state index is 11.4. The number of hydrogen-bond donors (Lipinski definition) is 2. The topological polar surface area (TPSA) is 90.0 Å². The van der Waals surface area contributed by atoms with Crippen LogP contribution < -0.4 is 5.32 Å². The van der Waals surface area contributed by atoms with Crippen LogP contribution in [0.4, 0.5) is 0 Å². The normalized spacial score (nSPS) is 16.6. The smallest absolute Gasteiger partial charge is 0.312 e. The van der Waals surface area contributed by atoms with E-state index in [1.165, 1.54) is 4.90 Å². The molecule has 0 aromatic carbocycles. The maximum atomic E-state index is 11.4. The number of amides is 2. The lowest BCUT2D eigenvalue weighted by atomic mass is 10.2. The van der Waals surface area contributed by atoms with Crippen LogP contribution in [-0.2, 0) is 14.4 Å². The van der Waals surface area contributed by atoms with Gasteiger partial charge in [0.2, 0.25) is 11.8 Å². The second-order valence-electron chi connectivity index (χ2n) is 3.90. The monoisotopic (exact) mass is 243 g/mol. The average Bonchev–Trinajstić information content (AvgIpc) is 2.28. The van der Waals surface area contributed by atoms with E-state index in [-0.39, 0.29) is 11.8 Å². The quantitative estimate of drug-likeness (QED) is 0.577. The minimum atomic E-state index is -1.11. The van der Waals surface area contributed by atoms with Crippen LogP contribution in [-0.4, -0.2) is 72.5 Å². The first kappa shape index (κ1) is 13.4. The lowest BCUT2D eigenvalue weighted by Crippen LogP contribution is -2.51. The van der Waals surface area contributed by atoms with Crippen molar-refractivity contribution in [2.45, 2.75) is 6.42 Å². The highest BCUT2D eigenvalue weighted by Crippen LogP contribution is 2.03. The molecule has 1 heterocycles. The van der Waals surface area contributed by atoms with Crippen molar-refractivity contribution >= 4 is 17.8 Å². The fourth-order valence-electron chi connectivity index (χ4n) is 1.68. The summed E-state index contributed by atoms with van der Waals surface area (Å²) in [5.74, 6) is -1.53. The molecule has 0 unspecified atom stereocenters. The van der Waals surface area contributed by atoms with E-state index in [1.807, 2.05) is 4.90 Å². The molecule has 0 aromatic heterocycles. The molecule has 0 atom stereocenters. The van der Waals surface area contributed by atoms with Gasteiger partial charge < -0.3 is 15.3 Å². The summed E-state index contributed by atoms with van der Waals surface area (Å²) in [5, 5.41) is 11.0. The minimum Gasteiger partial charge on any atom is -0.481 e. The van der Waals surface area contributed by atoms with Crippen LogP contribution in [0.25, 0.3) is 0 Å². The summed E-state index contributed by atoms with van der Waals surface area (Å²) in [6.07, 6.45) is -0.463. The molecule has 1 saturated heterocycles. The lowest BCUT2D eigenvalue weighted by Gasteiger charge is -2.34. The first-order valence-corrected chi connectivity index (χ1v) is 5.45. The third kappa shape index (κ3) is 4.39. The first-order chi connectivity index (χ1) is 8.02. The molecule has 0 spiro atoms. The van der Waals surface area contributed by atoms with Gasteiger partial charge in [-0.1, -0.05) is 0 Å². The van der Waals surface area contributed by atoms with Crippen LogP contribution >= 0.6 is 0 Å². The largest absolute Gasteiger partial charge is 0.481 e. The lowest BCUT2D eigenvalue weighted by molar-refractivity contribution is -0.144. The Morgan fingerprint density at radius 2 is 1.76 bits per heavy atom. The van der Waals surface area contributed by atoms with E-state index in [9.17, 15) is 14.4 Å². The van der Waals surface area contributed by atoms with E-state index in [4.69, 9.17) is 5.11 Å². The summed E-state index contributed by atoms with van der Waals surface area (Å²) >= 11 is 0. The Labute approximate surface area is 99.4 Å². The summed E-state index contributed by atoms with van der Waals surface area (Å²) in [4.78, 5) is 36.4. The minimum absolute atomic E-state index is 0.0599. The number of carbonyl (C=O) groups is 3. The number of likely N-dealkylation sites (N-methyl/N-ethyl adjacent to an activating group) is 1. The first-order valence-electron chi connectivity index (χ1n) is 5.45. The van der Waals surface area contributed by atoms with Crippen molar-refractivity contribution in [1.82, 2.24) is 15.1 Å². The van der Waals surface area contributed by atoms with Crippen LogP contribution in [0.5, 0.6) is 0 Å². The molecule has 0 saturated carbocycles. The Hall–Kier alpha value is -1.63. The summed E-state index contributed by atoms with van der Waals surface area (Å²) in [6, 6.07) is 0. The number of rotatable bonds is 4. The van der Waals surface area contributed by atoms with Gasteiger partial charge in [0.25, 0.3) is 0 Å². The molecule has 0 radical (unpaired) electrons. The molecule has 2 N–H and O–H groups in total. The van der Waals surface area contributed by atoms with Crippen LogP contribution in [0.2, 0.25) is 0 Å². The van der Waals surface area contributed by atoms with Gasteiger partial charge in [-0.3, -0.25) is 19.3 Å². The van der Waals surface area contributed by atoms with E-state index in [0.717, 1.165) is 0 Å². The molecule has 1 fully saturated rings. The zero-order valence-corrected chi connectivity index (χ0v) is 9.81. The molecule has 7 heteroatoms. The van der Waals surface area contributed by atoms with Gasteiger partial charge in [0.15, 0.2) is 0 Å². The predicted octanol–water partition coefficient (Wildman–Crippen LogP) is -1.65. The second-order valence-corrected chi connectivity index (χ2v) is 3.90. The average molecular weight is 243 g/mol. The Kier molecular flexibility index (Phi) is 4.89. The molecule has 1 aliphatic heterocycles. The molecule has 7 nitrogen and oxygen atoms in total. The van der Waals surface area contributed by atoms with Gasteiger partial charge in [-0.05, 0) is 0 Å². The number of aliphatic carboxylic acids is 1. The van der Waals surface area contributed by atoms with Gasteiger partial charge in [0.05, 0.1) is 6.54 Å². The third-order valence-corrected chi connectivity index (χ3v) is 2.67. The number of nitrogens with zero attached hydrogens (tertiary/aromatic N) is 2. The number of nitrogens with one attached hydrogen (secondary N) is 1. The van der Waals surface area contributed by atoms with E-state index in [2.05, 4.69) is 5.32 Å².